The number of aryl methyl sites for hydroxylation is 3. The molecule has 0 bridgehead atoms. The molecule has 1 unspecified atom stereocenters. The second-order valence-corrected chi connectivity index (χ2v) is 8.24. The molecule has 0 radical (unpaired) electrons. The molecular formula is C24H34N4O. The number of nitrogens with zero attached hydrogens (tertiary/aromatic N) is 1. The topological polar surface area (TPSA) is 66.0 Å². The third kappa shape index (κ3) is 6.12. The molecule has 1 aliphatic heterocycles. The van der Waals surface area contributed by atoms with Gasteiger partial charge in [-0.3, -0.25) is 9.78 Å². The second kappa shape index (κ2) is 10.5. The largest absolute Gasteiger partial charge is 0.350 e. The van der Waals surface area contributed by atoms with Gasteiger partial charge in [-0.25, -0.2) is 0 Å². The third-order valence-corrected chi connectivity index (χ3v) is 6.03. The van der Waals surface area contributed by atoms with Crippen molar-refractivity contribution in [3.8, 4) is 0 Å². The molecule has 5 nitrogen and oxygen atoms in total. The van der Waals surface area contributed by atoms with E-state index in [2.05, 4.69) is 53.8 Å². The first-order chi connectivity index (χ1) is 14.0. The molecule has 2 heterocycles. The van der Waals surface area contributed by atoms with Crippen molar-refractivity contribution in [2.75, 3.05) is 19.6 Å². The molecule has 5 heteroatoms. The normalized spacial score (nSPS) is 15.8. The predicted molar refractivity (Wildman–Crippen MR) is 118 cm³/mol. The van der Waals surface area contributed by atoms with Crippen molar-refractivity contribution < 1.29 is 4.79 Å². The lowest BCUT2D eigenvalue weighted by Crippen LogP contribution is -2.39. The minimum absolute atomic E-state index is 0.0264. The van der Waals surface area contributed by atoms with Crippen LogP contribution in [0.2, 0.25) is 0 Å². The van der Waals surface area contributed by atoms with Gasteiger partial charge in [0.2, 0.25) is 5.91 Å². The molecule has 0 aliphatic carbocycles. The van der Waals surface area contributed by atoms with Crippen LogP contribution in [0.1, 0.15) is 53.1 Å². The van der Waals surface area contributed by atoms with Crippen LogP contribution < -0.4 is 16.0 Å². The van der Waals surface area contributed by atoms with Gasteiger partial charge in [-0.1, -0.05) is 12.1 Å². The third-order valence-electron chi connectivity index (χ3n) is 6.03. The van der Waals surface area contributed by atoms with Crippen molar-refractivity contribution in [2.24, 2.45) is 5.92 Å². The van der Waals surface area contributed by atoms with Crippen LogP contribution >= 0.6 is 0 Å². The smallest absolute Gasteiger partial charge is 0.242 e. The summed E-state index contributed by atoms with van der Waals surface area (Å²) in [5, 5.41) is 10.1. The Hall–Kier alpha value is -2.24. The summed E-state index contributed by atoms with van der Waals surface area (Å²) >= 11 is 0. The molecule has 0 spiro atoms. The number of benzene rings is 1. The van der Waals surface area contributed by atoms with Gasteiger partial charge in [0, 0.05) is 18.9 Å². The minimum atomic E-state index is -0.335. The Labute approximate surface area is 174 Å². The van der Waals surface area contributed by atoms with E-state index in [-0.39, 0.29) is 11.9 Å². The molecule has 156 valence electrons. The van der Waals surface area contributed by atoms with Crippen LogP contribution in [0, 0.1) is 26.7 Å². The number of rotatable bonds is 8. The van der Waals surface area contributed by atoms with E-state index in [9.17, 15) is 4.79 Å². The Morgan fingerprint density at radius 2 is 1.79 bits per heavy atom. The number of hydrogen-bond donors (Lipinski definition) is 3. The highest BCUT2D eigenvalue weighted by Crippen LogP contribution is 2.23. The SMILES string of the molecule is Cc1cc(C)c(C(NCCC2CCNCC2)C(=O)NCc2ccncc2)cc1C. The summed E-state index contributed by atoms with van der Waals surface area (Å²) in [7, 11) is 0. The molecule has 0 saturated carbocycles. The maximum Gasteiger partial charge on any atom is 0.242 e. The molecule has 1 amide bonds. The molecule has 3 N–H and O–H groups in total. The van der Waals surface area contributed by atoms with Crippen LogP contribution in [0.15, 0.2) is 36.7 Å². The van der Waals surface area contributed by atoms with Crippen LogP contribution in [-0.4, -0.2) is 30.5 Å². The average molecular weight is 395 g/mol. The number of aromatic nitrogens is 1. The number of carbonyl (C=O) groups excluding carboxylic acids is 1. The van der Waals surface area contributed by atoms with Gasteiger partial charge < -0.3 is 16.0 Å². The molecule has 1 atom stereocenters. The molecule has 3 rings (SSSR count). The summed E-state index contributed by atoms with van der Waals surface area (Å²) in [6.45, 7) is 9.91. The Bertz CT molecular complexity index is 800. The minimum Gasteiger partial charge on any atom is -0.350 e. The number of carbonyl (C=O) groups is 1. The lowest BCUT2D eigenvalue weighted by atomic mass is 9.93. The maximum atomic E-state index is 13.1. The van der Waals surface area contributed by atoms with Gasteiger partial charge in [0.05, 0.1) is 0 Å². The Morgan fingerprint density at radius 3 is 2.52 bits per heavy atom. The van der Waals surface area contributed by atoms with Crippen molar-refractivity contribution in [1.82, 2.24) is 20.9 Å². The fraction of sp³-hybridized carbons (Fsp3) is 0.500. The molecule has 2 aromatic rings. The number of pyridine rings is 1. The zero-order valence-electron chi connectivity index (χ0n) is 17.9. The van der Waals surface area contributed by atoms with E-state index in [0.717, 1.165) is 48.7 Å². The fourth-order valence-corrected chi connectivity index (χ4v) is 4.03. The molecular weight excluding hydrogens is 360 g/mol. The van der Waals surface area contributed by atoms with Crippen molar-refractivity contribution in [1.29, 1.82) is 0 Å². The van der Waals surface area contributed by atoms with Crippen LogP contribution in [0.25, 0.3) is 0 Å². The molecule has 1 aromatic heterocycles. The molecule has 1 aromatic carbocycles. The van der Waals surface area contributed by atoms with E-state index in [1.165, 1.54) is 24.0 Å². The van der Waals surface area contributed by atoms with Gasteiger partial charge in [0.15, 0.2) is 0 Å². The summed E-state index contributed by atoms with van der Waals surface area (Å²) in [5.41, 5.74) is 5.77. The second-order valence-electron chi connectivity index (χ2n) is 8.24. The van der Waals surface area contributed by atoms with E-state index in [0.29, 0.717) is 6.54 Å². The standard InChI is InChI=1S/C24H34N4O/c1-17-14-19(3)22(15-18(17)2)23(27-13-8-20-4-9-25-10-5-20)24(29)28-16-21-6-11-26-12-7-21/h6-7,11-12,14-15,20,23,25,27H,4-5,8-10,13,16H2,1-3H3,(H,28,29). The van der Waals surface area contributed by atoms with E-state index in [1.54, 1.807) is 12.4 Å². The van der Waals surface area contributed by atoms with Crippen molar-refractivity contribution in [3.05, 3.63) is 64.5 Å². The molecule has 1 saturated heterocycles. The van der Waals surface area contributed by atoms with Gasteiger partial charge in [-0.15, -0.1) is 0 Å². The van der Waals surface area contributed by atoms with Gasteiger partial charge in [-0.05, 0) is 106 Å². The van der Waals surface area contributed by atoms with Crippen LogP contribution in [0.5, 0.6) is 0 Å². The van der Waals surface area contributed by atoms with Crippen LogP contribution in [-0.2, 0) is 11.3 Å². The molecule has 1 fully saturated rings. The highest BCUT2D eigenvalue weighted by atomic mass is 16.2. The summed E-state index contributed by atoms with van der Waals surface area (Å²) in [5.74, 6) is 0.767. The summed E-state index contributed by atoms with van der Waals surface area (Å²) < 4.78 is 0. The van der Waals surface area contributed by atoms with Gasteiger partial charge in [-0.2, -0.15) is 0 Å². The number of amides is 1. The van der Waals surface area contributed by atoms with E-state index < -0.39 is 0 Å². The van der Waals surface area contributed by atoms with Crippen LogP contribution in [0.4, 0.5) is 0 Å². The highest BCUT2D eigenvalue weighted by molar-refractivity contribution is 5.83. The fourth-order valence-electron chi connectivity index (χ4n) is 4.03. The summed E-state index contributed by atoms with van der Waals surface area (Å²) in [4.78, 5) is 17.2. The first kappa shape index (κ1) is 21.5. The Kier molecular flexibility index (Phi) is 7.78. The first-order valence-corrected chi connectivity index (χ1v) is 10.7. The Balaban J connectivity index is 1.69. The average Bonchev–Trinajstić information content (AvgIpc) is 2.74. The molecule has 29 heavy (non-hydrogen) atoms. The van der Waals surface area contributed by atoms with E-state index in [1.807, 2.05) is 12.1 Å². The van der Waals surface area contributed by atoms with E-state index in [4.69, 9.17) is 0 Å². The lowest BCUT2D eigenvalue weighted by Gasteiger charge is -2.25. The van der Waals surface area contributed by atoms with E-state index >= 15 is 0 Å². The quantitative estimate of drug-likeness (QED) is 0.642. The summed E-state index contributed by atoms with van der Waals surface area (Å²) in [6, 6.07) is 7.88. The maximum absolute atomic E-state index is 13.1. The van der Waals surface area contributed by atoms with Crippen molar-refractivity contribution >= 4 is 5.91 Å². The number of nitrogens with one attached hydrogen (secondary N) is 3. The zero-order chi connectivity index (χ0) is 20.6. The van der Waals surface area contributed by atoms with Gasteiger partial charge >= 0.3 is 0 Å². The van der Waals surface area contributed by atoms with Crippen molar-refractivity contribution in [3.63, 3.8) is 0 Å². The van der Waals surface area contributed by atoms with Crippen molar-refractivity contribution in [2.45, 2.75) is 52.6 Å². The number of piperidine rings is 1. The monoisotopic (exact) mass is 394 g/mol. The van der Waals surface area contributed by atoms with Gasteiger partial charge in [0.25, 0.3) is 0 Å². The molecule has 1 aliphatic rings. The first-order valence-electron chi connectivity index (χ1n) is 10.7. The predicted octanol–water partition coefficient (Wildman–Crippen LogP) is 3.34. The summed E-state index contributed by atoms with van der Waals surface area (Å²) in [6.07, 6.45) is 7.07. The zero-order valence-corrected chi connectivity index (χ0v) is 17.9. The van der Waals surface area contributed by atoms with Gasteiger partial charge in [0.1, 0.15) is 6.04 Å². The number of hydrogen-bond acceptors (Lipinski definition) is 4. The highest BCUT2D eigenvalue weighted by Gasteiger charge is 2.23. The Morgan fingerprint density at radius 1 is 1.10 bits per heavy atom. The lowest BCUT2D eigenvalue weighted by molar-refractivity contribution is -0.123. The van der Waals surface area contributed by atoms with Crippen LogP contribution in [0.3, 0.4) is 0 Å².